The van der Waals surface area contributed by atoms with E-state index in [4.69, 9.17) is 16.1 Å². The van der Waals surface area contributed by atoms with Crippen molar-refractivity contribution in [1.29, 1.82) is 0 Å². The quantitative estimate of drug-likeness (QED) is 0.628. The van der Waals surface area contributed by atoms with Crippen LogP contribution >= 0.6 is 11.6 Å². The molecule has 0 bridgehead atoms. The number of carbonyl (C=O) groups excluding carboxylic acids is 1. The van der Waals surface area contributed by atoms with Gasteiger partial charge in [0.15, 0.2) is 0 Å². The Morgan fingerprint density at radius 3 is 2.68 bits per heavy atom. The van der Waals surface area contributed by atoms with Crippen molar-refractivity contribution in [2.24, 2.45) is 0 Å². The van der Waals surface area contributed by atoms with Crippen molar-refractivity contribution in [2.75, 3.05) is 6.54 Å². The highest BCUT2D eigenvalue weighted by molar-refractivity contribution is 6.30. The monoisotopic (exact) mass is 399 g/mol. The average Bonchev–Trinajstić information content (AvgIpc) is 3.32. The topological polar surface area (TPSA) is 59.2 Å². The van der Waals surface area contributed by atoms with Gasteiger partial charge in [-0.1, -0.05) is 47.9 Å². The van der Waals surface area contributed by atoms with Gasteiger partial charge in [-0.05, 0) is 35.7 Å². The molecule has 0 radical (unpaired) electrons. The second-order valence-corrected chi connectivity index (χ2v) is 7.34. The zero-order valence-corrected chi connectivity index (χ0v) is 16.1. The first-order valence-electron chi connectivity index (χ1n) is 9.18. The lowest BCUT2D eigenvalue weighted by Gasteiger charge is -2.16. The van der Waals surface area contributed by atoms with Gasteiger partial charge in [-0.25, -0.2) is 4.39 Å². The maximum atomic E-state index is 13.7. The molecule has 1 aromatic heterocycles. The third-order valence-electron chi connectivity index (χ3n) is 4.99. The average molecular weight is 400 g/mol. The van der Waals surface area contributed by atoms with E-state index in [0.29, 0.717) is 31.0 Å². The molecule has 4 rings (SSSR count). The maximum Gasteiger partial charge on any atom is 0.232 e. The third kappa shape index (κ3) is 3.78. The van der Waals surface area contributed by atoms with Crippen LogP contribution in [0.4, 0.5) is 4.39 Å². The molecule has 3 aromatic rings. The van der Waals surface area contributed by atoms with E-state index in [9.17, 15) is 9.18 Å². The standard InChI is InChI=1S/C21H19ClFN3O2/c1-2-13-3-5-14(6-4-13)11-26-12-16(10-19(26)27)21-24-20(25-28-21)15-7-8-17(22)18(23)9-15/h3-9,16H,2,10-12H2,1H3. The lowest BCUT2D eigenvalue weighted by molar-refractivity contribution is -0.128. The van der Waals surface area contributed by atoms with Crippen molar-refractivity contribution in [2.45, 2.75) is 32.2 Å². The van der Waals surface area contributed by atoms with Gasteiger partial charge in [0.1, 0.15) is 5.82 Å². The first kappa shape index (κ1) is 18.6. The normalized spacial score (nSPS) is 16.8. The molecule has 0 N–H and O–H groups in total. The van der Waals surface area contributed by atoms with Gasteiger partial charge in [-0.3, -0.25) is 4.79 Å². The Hall–Kier alpha value is -2.73. The minimum atomic E-state index is -0.540. The summed E-state index contributed by atoms with van der Waals surface area (Å²) in [7, 11) is 0. The van der Waals surface area contributed by atoms with Gasteiger partial charge >= 0.3 is 0 Å². The van der Waals surface area contributed by atoms with Crippen LogP contribution in [0.2, 0.25) is 5.02 Å². The molecule has 5 nitrogen and oxygen atoms in total. The van der Waals surface area contributed by atoms with Crippen LogP contribution in [0.15, 0.2) is 47.0 Å². The molecule has 1 fully saturated rings. The third-order valence-corrected chi connectivity index (χ3v) is 5.29. The van der Waals surface area contributed by atoms with Crippen LogP contribution in [0.25, 0.3) is 11.4 Å². The van der Waals surface area contributed by atoms with Crippen LogP contribution in [0.1, 0.15) is 36.3 Å². The summed E-state index contributed by atoms with van der Waals surface area (Å²) in [5, 5.41) is 3.97. The molecular weight excluding hydrogens is 381 g/mol. The fourth-order valence-electron chi connectivity index (χ4n) is 3.34. The highest BCUT2D eigenvalue weighted by atomic mass is 35.5. The molecule has 1 saturated heterocycles. The van der Waals surface area contributed by atoms with Crippen molar-refractivity contribution in [1.82, 2.24) is 15.0 Å². The van der Waals surface area contributed by atoms with E-state index in [2.05, 4.69) is 41.3 Å². The van der Waals surface area contributed by atoms with E-state index in [1.165, 1.54) is 17.7 Å². The molecule has 1 unspecified atom stereocenters. The van der Waals surface area contributed by atoms with Crippen molar-refractivity contribution < 1.29 is 13.7 Å². The van der Waals surface area contributed by atoms with Crippen molar-refractivity contribution in [3.63, 3.8) is 0 Å². The first-order chi connectivity index (χ1) is 13.5. The van der Waals surface area contributed by atoms with Gasteiger partial charge in [0.25, 0.3) is 0 Å². The number of amides is 1. The lowest BCUT2D eigenvalue weighted by Crippen LogP contribution is -2.24. The largest absolute Gasteiger partial charge is 0.339 e. The number of aryl methyl sites for hydroxylation is 1. The molecule has 1 atom stereocenters. The predicted molar refractivity (Wildman–Crippen MR) is 103 cm³/mol. The molecule has 28 heavy (non-hydrogen) atoms. The Labute approximate surface area is 167 Å². The number of hydrogen-bond donors (Lipinski definition) is 0. The number of halogens is 2. The number of rotatable bonds is 5. The molecule has 0 saturated carbocycles. The summed E-state index contributed by atoms with van der Waals surface area (Å²) in [6.45, 7) is 3.19. The van der Waals surface area contributed by atoms with Gasteiger partial charge in [-0.2, -0.15) is 4.98 Å². The van der Waals surface area contributed by atoms with Gasteiger partial charge in [0, 0.05) is 25.1 Å². The molecule has 1 amide bonds. The Bertz CT molecular complexity index is 1000. The van der Waals surface area contributed by atoms with Gasteiger partial charge in [-0.15, -0.1) is 0 Å². The molecule has 0 spiro atoms. The smallest absolute Gasteiger partial charge is 0.232 e. The Morgan fingerprint density at radius 2 is 1.96 bits per heavy atom. The molecule has 2 heterocycles. The van der Waals surface area contributed by atoms with Crippen LogP contribution in [0, 0.1) is 5.82 Å². The van der Waals surface area contributed by atoms with Crippen LogP contribution < -0.4 is 0 Å². The van der Waals surface area contributed by atoms with E-state index >= 15 is 0 Å². The Kier molecular flexibility index (Phi) is 5.13. The Balaban J connectivity index is 1.46. The summed E-state index contributed by atoms with van der Waals surface area (Å²) in [6, 6.07) is 12.6. The van der Waals surface area contributed by atoms with Crippen LogP contribution in [0.5, 0.6) is 0 Å². The number of aromatic nitrogens is 2. The molecule has 0 aliphatic carbocycles. The summed E-state index contributed by atoms with van der Waals surface area (Å²) in [5.74, 6) is 0.0265. The van der Waals surface area contributed by atoms with Gasteiger partial charge < -0.3 is 9.42 Å². The van der Waals surface area contributed by atoms with Crippen molar-refractivity contribution >= 4 is 17.5 Å². The molecule has 144 valence electrons. The zero-order chi connectivity index (χ0) is 19.7. The lowest BCUT2D eigenvalue weighted by atomic mass is 10.1. The SMILES string of the molecule is CCc1ccc(CN2CC(c3nc(-c4ccc(Cl)c(F)c4)no3)CC2=O)cc1. The molecular formula is C21H19ClFN3O2. The summed E-state index contributed by atoms with van der Waals surface area (Å²) in [6.07, 6.45) is 1.31. The summed E-state index contributed by atoms with van der Waals surface area (Å²) in [4.78, 5) is 18.6. The fourth-order valence-corrected chi connectivity index (χ4v) is 3.46. The van der Waals surface area contributed by atoms with Gasteiger partial charge in [0.2, 0.25) is 17.6 Å². The van der Waals surface area contributed by atoms with E-state index in [0.717, 1.165) is 12.0 Å². The van der Waals surface area contributed by atoms with Crippen molar-refractivity contribution in [3.05, 3.63) is 70.3 Å². The number of benzene rings is 2. The predicted octanol–water partition coefficient (Wildman–Crippen LogP) is 4.61. The summed E-state index contributed by atoms with van der Waals surface area (Å²) < 4.78 is 19.0. The highest BCUT2D eigenvalue weighted by Crippen LogP contribution is 2.30. The van der Waals surface area contributed by atoms with E-state index in [-0.39, 0.29) is 22.7 Å². The van der Waals surface area contributed by atoms with E-state index in [1.54, 1.807) is 11.0 Å². The fraction of sp³-hybridized carbons (Fsp3) is 0.286. The number of nitrogens with zero attached hydrogens (tertiary/aromatic N) is 3. The highest BCUT2D eigenvalue weighted by Gasteiger charge is 2.34. The molecule has 1 aliphatic rings. The van der Waals surface area contributed by atoms with Crippen LogP contribution in [-0.4, -0.2) is 27.5 Å². The summed E-state index contributed by atoms with van der Waals surface area (Å²) >= 11 is 5.71. The van der Waals surface area contributed by atoms with Crippen LogP contribution in [-0.2, 0) is 17.8 Å². The molecule has 1 aliphatic heterocycles. The first-order valence-corrected chi connectivity index (χ1v) is 9.56. The molecule has 7 heteroatoms. The number of carbonyl (C=O) groups is 1. The van der Waals surface area contributed by atoms with Crippen LogP contribution in [0.3, 0.4) is 0 Å². The summed E-state index contributed by atoms with van der Waals surface area (Å²) in [5.41, 5.74) is 2.84. The second kappa shape index (κ2) is 7.72. The van der Waals surface area contributed by atoms with E-state index < -0.39 is 5.82 Å². The van der Waals surface area contributed by atoms with Gasteiger partial charge in [0.05, 0.1) is 10.9 Å². The number of hydrogen-bond acceptors (Lipinski definition) is 4. The minimum absolute atomic E-state index is 0.0384. The minimum Gasteiger partial charge on any atom is -0.339 e. The van der Waals surface area contributed by atoms with E-state index in [1.807, 2.05) is 0 Å². The Morgan fingerprint density at radius 1 is 1.21 bits per heavy atom. The maximum absolute atomic E-state index is 13.7. The van der Waals surface area contributed by atoms with Crippen molar-refractivity contribution in [3.8, 4) is 11.4 Å². The second-order valence-electron chi connectivity index (χ2n) is 6.93. The molecule has 2 aromatic carbocycles. The zero-order valence-electron chi connectivity index (χ0n) is 15.4. The number of likely N-dealkylation sites (tertiary alicyclic amines) is 1.